The van der Waals surface area contributed by atoms with Crippen molar-refractivity contribution in [3.05, 3.63) is 30.5 Å². The van der Waals surface area contributed by atoms with Crippen LogP contribution in [0.3, 0.4) is 0 Å². The van der Waals surface area contributed by atoms with Crippen molar-refractivity contribution in [2.24, 2.45) is 5.92 Å². The maximum Gasteiger partial charge on any atom is 0.133 e. The van der Waals surface area contributed by atoms with E-state index < -0.39 is 0 Å². The number of hydrogen-bond donors (Lipinski definition) is 2. The van der Waals surface area contributed by atoms with Crippen molar-refractivity contribution in [2.75, 3.05) is 32.1 Å². The Morgan fingerprint density at radius 3 is 3.11 bits per heavy atom. The first-order valence-corrected chi connectivity index (χ1v) is 6.75. The van der Waals surface area contributed by atoms with Crippen molar-refractivity contribution in [3.8, 4) is 5.75 Å². The highest BCUT2D eigenvalue weighted by molar-refractivity contribution is 5.95. The summed E-state index contributed by atoms with van der Waals surface area (Å²) in [5.74, 6) is 2.54. The van der Waals surface area contributed by atoms with E-state index in [0.717, 1.165) is 42.0 Å². The minimum atomic E-state index is 0.697. The monoisotopic (exact) mass is 257 g/mol. The molecule has 0 aliphatic carbocycles. The Morgan fingerprint density at radius 2 is 2.32 bits per heavy atom. The van der Waals surface area contributed by atoms with E-state index in [4.69, 9.17) is 4.74 Å². The van der Waals surface area contributed by atoms with Crippen molar-refractivity contribution in [1.29, 1.82) is 0 Å². The van der Waals surface area contributed by atoms with E-state index >= 15 is 0 Å². The van der Waals surface area contributed by atoms with Crippen LogP contribution in [0.2, 0.25) is 0 Å². The molecule has 1 aromatic carbocycles. The van der Waals surface area contributed by atoms with Gasteiger partial charge in [-0.2, -0.15) is 0 Å². The summed E-state index contributed by atoms with van der Waals surface area (Å²) in [4.78, 5) is 4.46. The van der Waals surface area contributed by atoms with Crippen molar-refractivity contribution >= 4 is 16.6 Å². The summed E-state index contributed by atoms with van der Waals surface area (Å²) >= 11 is 0. The van der Waals surface area contributed by atoms with E-state index in [9.17, 15) is 0 Å². The van der Waals surface area contributed by atoms with Crippen molar-refractivity contribution < 1.29 is 4.74 Å². The average Bonchev–Trinajstić information content (AvgIpc) is 2.97. The smallest absolute Gasteiger partial charge is 0.133 e. The largest absolute Gasteiger partial charge is 0.496 e. The Hall–Kier alpha value is -1.81. The van der Waals surface area contributed by atoms with Crippen LogP contribution in [0.15, 0.2) is 30.5 Å². The van der Waals surface area contributed by atoms with Gasteiger partial charge >= 0.3 is 0 Å². The summed E-state index contributed by atoms with van der Waals surface area (Å²) in [6.45, 7) is 3.19. The third-order valence-corrected chi connectivity index (χ3v) is 3.71. The van der Waals surface area contributed by atoms with Crippen LogP contribution in [-0.2, 0) is 0 Å². The van der Waals surface area contributed by atoms with Gasteiger partial charge in [0.2, 0.25) is 0 Å². The van der Waals surface area contributed by atoms with Gasteiger partial charge in [0.1, 0.15) is 11.6 Å². The second-order valence-electron chi connectivity index (χ2n) is 4.95. The Kier molecular flexibility index (Phi) is 3.51. The molecule has 1 atom stereocenters. The molecular formula is C15H19N3O. The standard InChI is InChI=1S/C15H19N3O/c1-19-14-4-2-3-13-12(14)6-8-17-15(13)18-10-11-5-7-16-9-11/h2-4,6,8,11,16H,5,7,9-10H2,1H3,(H,17,18). The van der Waals surface area contributed by atoms with Gasteiger partial charge in [0, 0.05) is 23.5 Å². The molecule has 0 radical (unpaired) electrons. The number of anilines is 1. The molecule has 0 spiro atoms. The van der Waals surface area contributed by atoms with E-state index in [0.29, 0.717) is 5.92 Å². The lowest BCUT2D eigenvalue weighted by atomic mass is 10.1. The maximum absolute atomic E-state index is 5.39. The third kappa shape index (κ3) is 2.49. The van der Waals surface area contributed by atoms with Crippen LogP contribution in [0.25, 0.3) is 10.8 Å². The van der Waals surface area contributed by atoms with Crippen molar-refractivity contribution in [3.63, 3.8) is 0 Å². The highest BCUT2D eigenvalue weighted by Gasteiger charge is 2.14. The average molecular weight is 257 g/mol. The zero-order valence-corrected chi connectivity index (χ0v) is 11.1. The Labute approximate surface area is 113 Å². The summed E-state index contributed by atoms with van der Waals surface area (Å²) in [5, 5.41) is 9.08. The molecule has 1 aliphatic rings. The summed E-state index contributed by atoms with van der Waals surface area (Å²) in [5.41, 5.74) is 0. The van der Waals surface area contributed by atoms with Crippen molar-refractivity contribution in [1.82, 2.24) is 10.3 Å². The topological polar surface area (TPSA) is 46.2 Å². The maximum atomic E-state index is 5.39. The second kappa shape index (κ2) is 5.45. The molecular weight excluding hydrogens is 238 g/mol. The molecule has 2 N–H and O–H groups in total. The molecule has 4 nitrogen and oxygen atoms in total. The van der Waals surface area contributed by atoms with Crippen molar-refractivity contribution in [2.45, 2.75) is 6.42 Å². The molecule has 1 fully saturated rings. The lowest BCUT2D eigenvalue weighted by Gasteiger charge is -2.13. The van der Waals surface area contributed by atoms with E-state index in [1.54, 1.807) is 7.11 Å². The fraction of sp³-hybridized carbons (Fsp3) is 0.400. The molecule has 0 bridgehead atoms. The molecule has 1 unspecified atom stereocenters. The number of benzene rings is 1. The molecule has 0 amide bonds. The van der Waals surface area contributed by atoms with E-state index in [1.807, 2.05) is 24.4 Å². The summed E-state index contributed by atoms with van der Waals surface area (Å²) in [6, 6.07) is 8.06. The van der Waals surface area contributed by atoms with Gasteiger partial charge in [-0.15, -0.1) is 0 Å². The molecule has 2 aromatic rings. The minimum absolute atomic E-state index is 0.697. The molecule has 2 heterocycles. The van der Waals surface area contributed by atoms with Crippen LogP contribution >= 0.6 is 0 Å². The third-order valence-electron chi connectivity index (χ3n) is 3.71. The molecule has 4 heteroatoms. The first kappa shape index (κ1) is 12.2. The van der Waals surface area contributed by atoms with Gasteiger partial charge in [-0.1, -0.05) is 12.1 Å². The van der Waals surface area contributed by atoms with Crippen LogP contribution < -0.4 is 15.4 Å². The number of aromatic nitrogens is 1. The number of hydrogen-bond acceptors (Lipinski definition) is 4. The number of methoxy groups -OCH3 is 1. The highest BCUT2D eigenvalue weighted by atomic mass is 16.5. The van der Waals surface area contributed by atoms with E-state index in [2.05, 4.69) is 21.7 Å². The van der Waals surface area contributed by atoms with Gasteiger partial charge in [-0.3, -0.25) is 0 Å². The zero-order chi connectivity index (χ0) is 13.1. The first-order valence-electron chi connectivity index (χ1n) is 6.75. The number of pyridine rings is 1. The Balaban J connectivity index is 1.86. The number of nitrogens with one attached hydrogen (secondary N) is 2. The Morgan fingerprint density at radius 1 is 1.37 bits per heavy atom. The van der Waals surface area contributed by atoms with Crippen LogP contribution in [0.5, 0.6) is 5.75 Å². The fourth-order valence-electron chi connectivity index (χ4n) is 2.63. The van der Waals surface area contributed by atoms with Gasteiger partial charge in [0.25, 0.3) is 0 Å². The number of nitrogens with zero attached hydrogens (tertiary/aromatic N) is 1. The highest BCUT2D eigenvalue weighted by Crippen LogP contribution is 2.29. The molecule has 1 aromatic heterocycles. The lowest BCUT2D eigenvalue weighted by molar-refractivity contribution is 0.420. The molecule has 0 saturated carbocycles. The molecule has 19 heavy (non-hydrogen) atoms. The van der Waals surface area contributed by atoms with Gasteiger partial charge in [0.05, 0.1) is 7.11 Å². The second-order valence-corrected chi connectivity index (χ2v) is 4.95. The SMILES string of the molecule is COc1cccc2c(NCC3CCNC3)nccc12. The van der Waals surface area contributed by atoms with Crippen LogP contribution in [-0.4, -0.2) is 31.7 Å². The lowest BCUT2D eigenvalue weighted by Crippen LogP contribution is -2.17. The number of ether oxygens (including phenoxy) is 1. The summed E-state index contributed by atoms with van der Waals surface area (Å²) < 4.78 is 5.39. The van der Waals surface area contributed by atoms with Crippen LogP contribution in [0.1, 0.15) is 6.42 Å². The van der Waals surface area contributed by atoms with Crippen LogP contribution in [0, 0.1) is 5.92 Å². The Bertz CT molecular complexity index is 564. The predicted octanol–water partition coefficient (Wildman–Crippen LogP) is 2.26. The summed E-state index contributed by atoms with van der Waals surface area (Å²) in [6.07, 6.45) is 3.07. The summed E-state index contributed by atoms with van der Waals surface area (Å²) in [7, 11) is 1.70. The molecule has 1 aliphatic heterocycles. The van der Waals surface area contributed by atoms with Gasteiger partial charge in [-0.25, -0.2) is 4.98 Å². The van der Waals surface area contributed by atoms with Gasteiger partial charge in [0.15, 0.2) is 0 Å². The molecule has 100 valence electrons. The number of rotatable bonds is 4. The van der Waals surface area contributed by atoms with E-state index in [-0.39, 0.29) is 0 Å². The quantitative estimate of drug-likeness (QED) is 0.882. The first-order chi connectivity index (χ1) is 9.38. The van der Waals surface area contributed by atoms with Gasteiger partial charge < -0.3 is 15.4 Å². The fourth-order valence-corrected chi connectivity index (χ4v) is 2.63. The normalized spacial score (nSPS) is 18.7. The molecule has 3 rings (SSSR count). The number of fused-ring (bicyclic) bond motifs is 1. The van der Waals surface area contributed by atoms with Crippen LogP contribution in [0.4, 0.5) is 5.82 Å². The minimum Gasteiger partial charge on any atom is -0.496 e. The van der Waals surface area contributed by atoms with Gasteiger partial charge in [-0.05, 0) is 37.6 Å². The predicted molar refractivity (Wildman–Crippen MR) is 77.8 cm³/mol. The van der Waals surface area contributed by atoms with E-state index in [1.165, 1.54) is 6.42 Å². The molecule has 1 saturated heterocycles. The zero-order valence-electron chi connectivity index (χ0n) is 11.1.